The van der Waals surface area contributed by atoms with Crippen molar-refractivity contribution in [2.75, 3.05) is 11.9 Å². The number of rotatable bonds is 5. The molecule has 0 spiro atoms. The Morgan fingerprint density at radius 2 is 1.75 bits per heavy atom. The van der Waals surface area contributed by atoms with Gasteiger partial charge in [-0.15, -0.1) is 11.3 Å². The van der Waals surface area contributed by atoms with Crippen molar-refractivity contribution in [3.05, 3.63) is 51.2 Å². The van der Waals surface area contributed by atoms with Gasteiger partial charge in [-0.25, -0.2) is 0 Å². The first kappa shape index (κ1) is 20.6. The largest absolute Gasteiger partial charge is 0.388 e. The van der Waals surface area contributed by atoms with Crippen molar-refractivity contribution in [2.45, 2.75) is 58.0 Å². The van der Waals surface area contributed by atoms with E-state index in [-0.39, 0.29) is 5.41 Å². The van der Waals surface area contributed by atoms with Crippen LogP contribution in [0.25, 0.3) is 0 Å². The summed E-state index contributed by atoms with van der Waals surface area (Å²) in [5, 5.41) is 15.4. The Morgan fingerprint density at radius 1 is 1.11 bits per heavy atom. The third-order valence-corrected chi connectivity index (χ3v) is 6.90. The molecule has 28 heavy (non-hydrogen) atoms. The van der Waals surface area contributed by atoms with Crippen LogP contribution in [0.15, 0.2) is 30.3 Å². The van der Waals surface area contributed by atoms with Crippen LogP contribution in [0.1, 0.15) is 59.6 Å². The lowest BCUT2D eigenvalue weighted by Gasteiger charge is -2.28. The number of aliphatic hydroxyl groups excluding tert-OH is 1. The molecule has 1 aromatic carbocycles. The minimum atomic E-state index is -0.644. The van der Waals surface area contributed by atoms with Crippen LogP contribution in [0.5, 0.6) is 0 Å². The Kier molecular flexibility index (Phi) is 6.20. The van der Waals surface area contributed by atoms with E-state index in [1.165, 1.54) is 4.88 Å². The van der Waals surface area contributed by atoms with Crippen LogP contribution >= 0.6 is 11.3 Å². The second-order valence-electron chi connectivity index (χ2n) is 7.88. The highest BCUT2D eigenvalue weighted by Gasteiger charge is 2.37. The molecule has 0 aliphatic heterocycles. The summed E-state index contributed by atoms with van der Waals surface area (Å²) in [5.74, 6) is -1.26. The van der Waals surface area contributed by atoms with Crippen LogP contribution < -0.4 is 10.6 Å². The minimum Gasteiger partial charge on any atom is -0.388 e. The first-order valence-corrected chi connectivity index (χ1v) is 10.6. The number of benzene rings is 1. The summed E-state index contributed by atoms with van der Waals surface area (Å²) in [6, 6.07) is 9.72. The van der Waals surface area contributed by atoms with Gasteiger partial charge in [0.2, 0.25) is 0 Å². The van der Waals surface area contributed by atoms with Crippen molar-refractivity contribution < 1.29 is 14.7 Å². The molecule has 3 N–H and O–H groups in total. The number of hydrogen-bond donors (Lipinski definition) is 3. The molecule has 2 amide bonds. The Bertz CT molecular complexity index is 846. The fourth-order valence-corrected chi connectivity index (χ4v) is 5.18. The maximum absolute atomic E-state index is 12.4. The van der Waals surface area contributed by atoms with Crippen LogP contribution in [0.3, 0.4) is 0 Å². The second-order valence-corrected chi connectivity index (χ2v) is 8.99. The molecule has 3 rings (SSSR count). The van der Waals surface area contributed by atoms with Crippen LogP contribution in [-0.4, -0.2) is 23.5 Å². The van der Waals surface area contributed by atoms with Gasteiger partial charge < -0.3 is 15.7 Å². The average Bonchev–Trinajstić information content (AvgIpc) is 3.29. The van der Waals surface area contributed by atoms with Crippen molar-refractivity contribution in [1.29, 1.82) is 0 Å². The van der Waals surface area contributed by atoms with Gasteiger partial charge in [0.15, 0.2) is 0 Å². The third-order valence-electron chi connectivity index (χ3n) is 5.40. The molecule has 1 saturated carbocycles. The molecule has 1 heterocycles. The lowest BCUT2D eigenvalue weighted by atomic mass is 9.84. The summed E-state index contributed by atoms with van der Waals surface area (Å²) >= 11 is 1.60. The quantitative estimate of drug-likeness (QED) is 0.664. The molecule has 1 aromatic heterocycles. The SMILES string of the molecule is Cc1cc(C)cc(NC(=O)C(=O)NCC2(c3ccc(C(C)O)s3)CCCC2)c1. The molecule has 0 saturated heterocycles. The van der Waals surface area contributed by atoms with Crippen LogP contribution in [0.2, 0.25) is 0 Å². The number of aryl methyl sites for hydroxylation is 2. The van der Waals surface area contributed by atoms with E-state index in [2.05, 4.69) is 16.7 Å². The zero-order valence-corrected chi connectivity index (χ0v) is 17.5. The maximum Gasteiger partial charge on any atom is 0.313 e. The topological polar surface area (TPSA) is 78.4 Å². The fourth-order valence-electron chi connectivity index (χ4n) is 3.99. The molecule has 0 bridgehead atoms. The Labute approximate surface area is 170 Å². The number of carbonyl (C=O) groups is 2. The number of nitrogens with one attached hydrogen (secondary N) is 2. The molecule has 150 valence electrons. The van der Waals surface area contributed by atoms with Gasteiger partial charge in [0.1, 0.15) is 0 Å². The van der Waals surface area contributed by atoms with Gasteiger partial charge in [-0.3, -0.25) is 9.59 Å². The highest BCUT2D eigenvalue weighted by molar-refractivity contribution is 7.12. The van der Waals surface area contributed by atoms with Gasteiger partial charge in [-0.05, 0) is 69.0 Å². The predicted molar refractivity (Wildman–Crippen MR) is 113 cm³/mol. The van der Waals surface area contributed by atoms with Crippen molar-refractivity contribution in [3.63, 3.8) is 0 Å². The molecule has 0 radical (unpaired) electrons. The van der Waals surface area contributed by atoms with Crippen LogP contribution in [-0.2, 0) is 15.0 Å². The molecule has 5 nitrogen and oxygen atoms in total. The summed E-state index contributed by atoms with van der Waals surface area (Å²) in [7, 11) is 0. The Morgan fingerprint density at radius 3 is 2.32 bits per heavy atom. The van der Waals surface area contributed by atoms with E-state index in [0.717, 1.165) is 41.7 Å². The minimum absolute atomic E-state index is 0.145. The molecule has 1 fully saturated rings. The fraction of sp³-hybridized carbons (Fsp3) is 0.455. The van der Waals surface area contributed by atoms with Gasteiger partial charge >= 0.3 is 11.8 Å². The summed E-state index contributed by atoms with van der Waals surface area (Å²) in [6.45, 7) is 6.10. The lowest BCUT2D eigenvalue weighted by Crippen LogP contribution is -2.43. The summed E-state index contributed by atoms with van der Waals surface area (Å²) in [4.78, 5) is 26.8. The number of hydrogen-bond acceptors (Lipinski definition) is 4. The van der Waals surface area contributed by atoms with E-state index in [9.17, 15) is 14.7 Å². The Hall–Kier alpha value is -2.18. The van der Waals surface area contributed by atoms with E-state index in [0.29, 0.717) is 12.2 Å². The van der Waals surface area contributed by atoms with E-state index in [4.69, 9.17) is 0 Å². The van der Waals surface area contributed by atoms with Crippen LogP contribution in [0.4, 0.5) is 5.69 Å². The number of thiophene rings is 1. The van der Waals surface area contributed by atoms with Crippen molar-refractivity contribution >= 4 is 28.8 Å². The zero-order chi connectivity index (χ0) is 20.3. The molecular weight excluding hydrogens is 372 g/mol. The highest BCUT2D eigenvalue weighted by Crippen LogP contribution is 2.44. The predicted octanol–water partition coefficient (Wildman–Crippen LogP) is 3.98. The van der Waals surface area contributed by atoms with E-state index in [1.807, 2.05) is 38.1 Å². The van der Waals surface area contributed by atoms with Gasteiger partial charge in [0.25, 0.3) is 0 Å². The van der Waals surface area contributed by atoms with E-state index in [1.54, 1.807) is 18.3 Å². The monoisotopic (exact) mass is 400 g/mol. The average molecular weight is 401 g/mol. The van der Waals surface area contributed by atoms with E-state index >= 15 is 0 Å². The highest BCUT2D eigenvalue weighted by atomic mass is 32.1. The summed E-state index contributed by atoms with van der Waals surface area (Å²) in [6.07, 6.45) is 3.67. The summed E-state index contributed by atoms with van der Waals surface area (Å²) in [5.41, 5.74) is 2.56. The van der Waals surface area contributed by atoms with Gasteiger partial charge in [-0.1, -0.05) is 18.9 Å². The van der Waals surface area contributed by atoms with E-state index < -0.39 is 17.9 Å². The maximum atomic E-state index is 12.4. The molecule has 2 aromatic rings. The number of anilines is 1. The first-order chi connectivity index (χ1) is 13.3. The standard InChI is InChI=1S/C22H28N2O3S/c1-14-10-15(2)12-17(11-14)24-21(27)20(26)23-13-22(8-4-5-9-22)19-7-6-18(28-19)16(3)25/h6-7,10-12,16,25H,4-5,8-9,13H2,1-3H3,(H,23,26)(H,24,27). The van der Waals surface area contributed by atoms with Gasteiger partial charge in [0.05, 0.1) is 6.10 Å². The molecule has 1 aliphatic carbocycles. The number of aliphatic hydroxyl groups is 1. The molecule has 1 unspecified atom stereocenters. The first-order valence-electron chi connectivity index (χ1n) is 9.75. The van der Waals surface area contributed by atoms with Crippen molar-refractivity contribution in [1.82, 2.24) is 5.32 Å². The van der Waals surface area contributed by atoms with Crippen molar-refractivity contribution in [3.8, 4) is 0 Å². The smallest absolute Gasteiger partial charge is 0.313 e. The van der Waals surface area contributed by atoms with Crippen molar-refractivity contribution in [2.24, 2.45) is 0 Å². The Balaban J connectivity index is 1.66. The van der Waals surface area contributed by atoms with Gasteiger partial charge in [-0.2, -0.15) is 0 Å². The molecule has 6 heteroatoms. The lowest BCUT2D eigenvalue weighted by molar-refractivity contribution is -0.136. The second kappa shape index (κ2) is 8.45. The molecule has 1 aliphatic rings. The number of carbonyl (C=O) groups excluding carboxylic acids is 2. The normalized spacial score (nSPS) is 16.6. The zero-order valence-electron chi connectivity index (χ0n) is 16.7. The van der Waals surface area contributed by atoms with Gasteiger partial charge in [0, 0.05) is 27.4 Å². The number of amides is 2. The molecule has 1 atom stereocenters. The molecular formula is C22H28N2O3S. The third kappa shape index (κ3) is 4.62. The van der Waals surface area contributed by atoms with Crippen LogP contribution in [0, 0.1) is 13.8 Å². The summed E-state index contributed by atoms with van der Waals surface area (Å²) < 4.78 is 0.